The van der Waals surface area contributed by atoms with Gasteiger partial charge in [0.05, 0.1) is 0 Å². The summed E-state index contributed by atoms with van der Waals surface area (Å²) in [5.41, 5.74) is 13.2. The van der Waals surface area contributed by atoms with E-state index in [2.05, 4.69) is 164 Å². The Balaban J connectivity index is 1.06. The van der Waals surface area contributed by atoms with Crippen LogP contribution in [0.3, 0.4) is 0 Å². The topological polar surface area (TPSA) is 26.3 Å². The molecule has 9 aromatic carbocycles. The van der Waals surface area contributed by atoms with Crippen LogP contribution in [-0.4, -0.2) is 0 Å². The van der Waals surface area contributed by atoms with Gasteiger partial charge in [-0.05, 0) is 90.3 Å². The van der Waals surface area contributed by atoms with Gasteiger partial charge in [0.25, 0.3) is 0 Å². The maximum absolute atomic E-state index is 6.41. The molecule has 0 atom stereocenters. The van der Waals surface area contributed by atoms with Gasteiger partial charge >= 0.3 is 0 Å². The van der Waals surface area contributed by atoms with Crippen LogP contribution >= 0.6 is 0 Å². The van der Waals surface area contributed by atoms with Crippen molar-refractivity contribution in [1.82, 2.24) is 0 Å². The fourth-order valence-corrected chi connectivity index (χ4v) is 8.22. The Morgan fingerprint density at radius 3 is 1.17 bits per heavy atom. The van der Waals surface area contributed by atoms with E-state index in [0.717, 1.165) is 43.9 Å². The highest BCUT2D eigenvalue weighted by Gasteiger charge is 2.19. The van der Waals surface area contributed by atoms with Crippen molar-refractivity contribution in [1.29, 1.82) is 0 Å². The van der Waals surface area contributed by atoms with Crippen molar-refractivity contribution < 1.29 is 8.83 Å². The molecule has 0 amide bonds. The predicted octanol–water partition coefficient (Wildman–Crippen LogP) is 14.5. The van der Waals surface area contributed by atoms with E-state index < -0.39 is 0 Å². The molecule has 0 spiro atoms. The Hall–Kier alpha value is -6.90. The van der Waals surface area contributed by atoms with E-state index >= 15 is 0 Å². The van der Waals surface area contributed by atoms with Crippen LogP contribution in [0.15, 0.2) is 191 Å². The number of fused-ring (bicyclic) bond motifs is 8. The van der Waals surface area contributed by atoms with Gasteiger partial charge in [0.1, 0.15) is 22.3 Å². The standard InChI is InChI=1S/C50H30O2/c1-2-10-31(11-3-1)32-18-20-33(21-19-32)34-22-24-35(25-23-34)49-38-13-4-6-15-40(38)50(41-16-7-5-14-39(41)49)36-26-27-46-42(28-36)44-29-43-37-12-8-9-17-45(37)51-47(43)30-48(44)52-46/h1-30H. The van der Waals surface area contributed by atoms with Crippen molar-refractivity contribution in [2.24, 2.45) is 0 Å². The number of rotatable bonds is 4. The first-order chi connectivity index (χ1) is 25.8. The van der Waals surface area contributed by atoms with Crippen molar-refractivity contribution in [3.05, 3.63) is 182 Å². The number of benzene rings is 9. The third-order valence-electron chi connectivity index (χ3n) is 10.7. The number of furan rings is 2. The van der Waals surface area contributed by atoms with E-state index in [1.54, 1.807) is 0 Å². The highest BCUT2D eigenvalue weighted by molar-refractivity contribution is 6.22. The van der Waals surface area contributed by atoms with Gasteiger partial charge in [-0.1, -0.05) is 152 Å². The Morgan fingerprint density at radius 1 is 0.212 bits per heavy atom. The third-order valence-corrected chi connectivity index (χ3v) is 10.7. The fraction of sp³-hybridized carbons (Fsp3) is 0. The molecule has 0 aliphatic carbocycles. The number of hydrogen-bond acceptors (Lipinski definition) is 2. The summed E-state index contributed by atoms with van der Waals surface area (Å²) < 4.78 is 12.6. The highest BCUT2D eigenvalue weighted by Crippen LogP contribution is 2.45. The second kappa shape index (κ2) is 11.3. The molecule has 0 fully saturated rings. The van der Waals surface area contributed by atoms with E-state index in [-0.39, 0.29) is 0 Å². The monoisotopic (exact) mass is 662 g/mol. The van der Waals surface area contributed by atoms with Gasteiger partial charge in [0.15, 0.2) is 0 Å². The van der Waals surface area contributed by atoms with Crippen LogP contribution < -0.4 is 0 Å². The molecule has 2 heteroatoms. The SMILES string of the molecule is c1ccc(-c2ccc(-c3ccc(-c4c5ccccc5c(-c5ccc6oc7cc8oc9ccccc9c8cc7c6c5)c5ccccc45)cc3)cc2)cc1. The lowest BCUT2D eigenvalue weighted by Gasteiger charge is -2.18. The molecule has 11 aromatic rings. The summed E-state index contributed by atoms with van der Waals surface area (Å²) in [6.07, 6.45) is 0. The molecule has 11 rings (SSSR count). The van der Waals surface area contributed by atoms with Crippen LogP contribution in [-0.2, 0) is 0 Å². The van der Waals surface area contributed by atoms with Crippen LogP contribution in [0.25, 0.3) is 110 Å². The molecule has 0 saturated heterocycles. The molecule has 0 bridgehead atoms. The van der Waals surface area contributed by atoms with Crippen LogP contribution in [0.1, 0.15) is 0 Å². The average Bonchev–Trinajstić information content (AvgIpc) is 3.76. The molecule has 2 heterocycles. The largest absolute Gasteiger partial charge is 0.456 e. The second-order valence-electron chi connectivity index (χ2n) is 13.6. The minimum atomic E-state index is 0.833. The lowest BCUT2D eigenvalue weighted by atomic mass is 9.85. The normalized spacial score (nSPS) is 11.8. The molecule has 0 N–H and O–H groups in total. The molecule has 0 aliphatic heterocycles. The first-order valence-corrected chi connectivity index (χ1v) is 17.7. The summed E-state index contributed by atoms with van der Waals surface area (Å²) in [6, 6.07) is 65.2. The first-order valence-electron chi connectivity index (χ1n) is 17.7. The van der Waals surface area contributed by atoms with Gasteiger partial charge in [-0.15, -0.1) is 0 Å². The van der Waals surface area contributed by atoms with Crippen molar-refractivity contribution >= 4 is 65.4 Å². The van der Waals surface area contributed by atoms with Crippen LogP contribution in [0.5, 0.6) is 0 Å². The van der Waals surface area contributed by atoms with Crippen LogP contribution in [0.4, 0.5) is 0 Å². The molecule has 52 heavy (non-hydrogen) atoms. The maximum atomic E-state index is 6.41. The molecule has 0 unspecified atom stereocenters. The molecule has 2 nitrogen and oxygen atoms in total. The van der Waals surface area contributed by atoms with Gasteiger partial charge < -0.3 is 8.83 Å². The molecule has 0 aliphatic rings. The minimum absolute atomic E-state index is 0.833. The first kappa shape index (κ1) is 28.9. The quantitative estimate of drug-likeness (QED) is 0.175. The van der Waals surface area contributed by atoms with Gasteiger partial charge in [-0.25, -0.2) is 0 Å². The van der Waals surface area contributed by atoms with E-state index in [1.807, 2.05) is 18.2 Å². The summed E-state index contributed by atoms with van der Waals surface area (Å²) in [5.74, 6) is 0. The lowest BCUT2D eigenvalue weighted by molar-refractivity contribution is 0.656. The zero-order valence-corrected chi connectivity index (χ0v) is 28.1. The van der Waals surface area contributed by atoms with E-state index in [4.69, 9.17) is 8.83 Å². The van der Waals surface area contributed by atoms with E-state index in [0.29, 0.717) is 0 Å². The van der Waals surface area contributed by atoms with Gasteiger partial charge in [0, 0.05) is 27.6 Å². The average molecular weight is 663 g/mol. The van der Waals surface area contributed by atoms with Crippen LogP contribution in [0.2, 0.25) is 0 Å². The zero-order chi connectivity index (χ0) is 34.2. The molecule has 0 radical (unpaired) electrons. The van der Waals surface area contributed by atoms with Gasteiger partial charge in [-0.3, -0.25) is 0 Å². The summed E-state index contributed by atoms with van der Waals surface area (Å²) >= 11 is 0. The molecule has 0 saturated carbocycles. The Morgan fingerprint density at radius 2 is 0.596 bits per heavy atom. The highest BCUT2D eigenvalue weighted by atomic mass is 16.3. The third kappa shape index (κ3) is 4.44. The summed E-state index contributed by atoms with van der Waals surface area (Å²) in [4.78, 5) is 0. The molecular formula is C50H30O2. The molecule has 242 valence electrons. The van der Waals surface area contributed by atoms with Crippen molar-refractivity contribution in [2.45, 2.75) is 0 Å². The maximum Gasteiger partial charge on any atom is 0.139 e. The van der Waals surface area contributed by atoms with Crippen molar-refractivity contribution in [2.75, 3.05) is 0 Å². The van der Waals surface area contributed by atoms with Gasteiger partial charge in [-0.2, -0.15) is 0 Å². The molecule has 2 aromatic heterocycles. The van der Waals surface area contributed by atoms with E-state index in [1.165, 1.54) is 66.1 Å². The summed E-state index contributed by atoms with van der Waals surface area (Å²) in [5, 5.41) is 9.34. The number of hydrogen-bond donors (Lipinski definition) is 0. The summed E-state index contributed by atoms with van der Waals surface area (Å²) in [6.45, 7) is 0. The Bertz CT molecular complexity index is 3090. The minimum Gasteiger partial charge on any atom is -0.456 e. The van der Waals surface area contributed by atoms with Gasteiger partial charge in [0.2, 0.25) is 0 Å². The summed E-state index contributed by atoms with van der Waals surface area (Å²) in [7, 11) is 0. The van der Waals surface area contributed by atoms with E-state index in [9.17, 15) is 0 Å². The Kier molecular flexibility index (Phi) is 6.28. The van der Waals surface area contributed by atoms with Crippen molar-refractivity contribution in [3.8, 4) is 44.5 Å². The smallest absolute Gasteiger partial charge is 0.139 e. The Labute approximate surface area is 299 Å². The number of para-hydroxylation sites is 1. The second-order valence-corrected chi connectivity index (χ2v) is 13.6. The fourth-order valence-electron chi connectivity index (χ4n) is 8.22. The van der Waals surface area contributed by atoms with Crippen LogP contribution in [0, 0.1) is 0 Å². The lowest BCUT2D eigenvalue weighted by Crippen LogP contribution is -1.91. The molecular weight excluding hydrogens is 633 g/mol. The van der Waals surface area contributed by atoms with Crippen molar-refractivity contribution in [3.63, 3.8) is 0 Å². The zero-order valence-electron chi connectivity index (χ0n) is 28.1. The predicted molar refractivity (Wildman–Crippen MR) is 218 cm³/mol.